The zero-order chi connectivity index (χ0) is 13.3. The molecule has 1 amide bonds. The minimum atomic E-state index is -1.06. The standard InChI is InChI=1S/C13H13N3O2/c1-8-15-10-6-9(4-5-11(10)18-8)16-12(17)13(2,3)7-14/h4-6H,1-3H3,(H,16,17). The average molecular weight is 243 g/mol. The molecule has 0 bridgehead atoms. The van der Waals surface area contributed by atoms with Crippen molar-refractivity contribution in [2.75, 3.05) is 5.32 Å². The molecule has 0 radical (unpaired) electrons. The molecule has 5 nitrogen and oxygen atoms in total. The normalized spacial score (nSPS) is 11.2. The highest BCUT2D eigenvalue weighted by Gasteiger charge is 2.27. The van der Waals surface area contributed by atoms with Crippen LogP contribution in [0.2, 0.25) is 0 Å². The molecule has 92 valence electrons. The Morgan fingerprint density at radius 3 is 2.89 bits per heavy atom. The van der Waals surface area contributed by atoms with Gasteiger partial charge in [-0.15, -0.1) is 0 Å². The molecule has 0 saturated heterocycles. The average Bonchev–Trinajstić information content (AvgIpc) is 2.68. The number of hydrogen-bond acceptors (Lipinski definition) is 4. The van der Waals surface area contributed by atoms with Gasteiger partial charge < -0.3 is 9.73 Å². The van der Waals surface area contributed by atoms with E-state index in [1.807, 2.05) is 6.07 Å². The molecule has 1 aromatic carbocycles. The fourth-order valence-electron chi connectivity index (χ4n) is 1.46. The largest absolute Gasteiger partial charge is 0.441 e. The number of amides is 1. The smallest absolute Gasteiger partial charge is 0.244 e. The predicted molar refractivity (Wildman–Crippen MR) is 66.8 cm³/mol. The molecule has 0 spiro atoms. The maximum atomic E-state index is 11.8. The van der Waals surface area contributed by atoms with Crippen LogP contribution in [0.15, 0.2) is 22.6 Å². The summed E-state index contributed by atoms with van der Waals surface area (Å²) in [6.07, 6.45) is 0. The Morgan fingerprint density at radius 1 is 1.50 bits per heavy atom. The van der Waals surface area contributed by atoms with Crippen LogP contribution in [0.1, 0.15) is 19.7 Å². The fraction of sp³-hybridized carbons (Fsp3) is 0.308. The van der Waals surface area contributed by atoms with E-state index in [9.17, 15) is 4.79 Å². The summed E-state index contributed by atoms with van der Waals surface area (Å²) >= 11 is 0. The number of hydrogen-bond donors (Lipinski definition) is 1. The number of aromatic nitrogens is 1. The van der Waals surface area contributed by atoms with Crippen LogP contribution in [0, 0.1) is 23.7 Å². The van der Waals surface area contributed by atoms with E-state index >= 15 is 0 Å². The van der Waals surface area contributed by atoms with Crippen LogP contribution in [0.4, 0.5) is 5.69 Å². The van der Waals surface area contributed by atoms with Crippen molar-refractivity contribution >= 4 is 22.7 Å². The second-order valence-corrected chi connectivity index (χ2v) is 4.61. The molecule has 0 saturated carbocycles. The van der Waals surface area contributed by atoms with E-state index in [-0.39, 0.29) is 5.91 Å². The molecule has 1 aromatic heterocycles. The molecular formula is C13H13N3O2. The SMILES string of the molecule is Cc1nc2cc(NC(=O)C(C)(C)C#N)ccc2o1. The lowest BCUT2D eigenvalue weighted by atomic mass is 9.94. The van der Waals surface area contributed by atoms with E-state index in [4.69, 9.17) is 9.68 Å². The number of carbonyl (C=O) groups is 1. The van der Waals surface area contributed by atoms with E-state index in [0.29, 0.717) is 22.7 Å². The third kappa shape index (κ3) is 2.18. The highest BCUT2D eigenvalue weighted by molar-refractivity contribution is 5.97. The Hall–Kier alpha value is -2.35. The van der Waals surface area contributed by atoms with Gasteiger partial charge in [-0.2, -0.15) is 5.26 Å². The Bertz CT molecular complexity index is 650. The zero-order valence-electron chi connectivity index (χ0n) is 10.4. The summed E-state index contributed by atoms with van der Waals surface area (Å²) in [6.45, 7) is 4.90. The summed E-state index contributed by atoms with van der Waals surface area (Å²) in [6, 6.07) is 7.14. The molecule has 2 aromatic rings. The van der Waals surface area contributed by atoms with Crippen molar-refractivity contribution in [1.82, 2.24) is 4.98 Å². The number of rotatable bonds is 2. The number of anilines is 1. The van der Waals surface area contributed by atoms with Gasteiger partial charge in [-0.3, -0.25) is 4.79 Å². The zero-order valence-corrected chi connectivity index (χ0v) is 10.4. The van der Waals surface area contributed by atoms with Gasteiger partial charge in [0.15, 0.2) is 11.5 Å². The van der Waals surface area contributed by atoms with Gasteiger partial charge in [0.1, 0.15) is 10.9 Å². The van der Waals surface area contributed by atoms with Crippen LogP contribution >= 0.6 is 0 Å². The van der Waals surface area contributed by atoms with Gasteiger partial charge in [-0.25, -0.2) is 4.98 Å². The predicted octanol–water partition coefficient (Wildman–Crippen LogP) is 2.62. The summed E-state index contributed by atoms with van der Waals surface area (Å²) in [5, 5.41) is 11.6. The molecule has 0 fully saturated rings. The van der Waals surface area contributed by atoms with Crippen LogP contribution in [-0.2, 0) is 4.79 Å². The van der Waals surface area contributed by atoms with Gasteiger partial charge in [0.25, 0.3) is 0 Å². The first-order chi connectivity index (χ1) is 8.42. The fourth-order valence-corrected chi connectivity index (χ4v) is 1.46. The van der Waals surface area contributed by atoms with Gasteiger partial charge in [0, 0.05) is 12.6 Å². The van der Waals surface area contributed by atoms with E-state index in [1.54, 1.807) is 39.0 Å². The number of nitrogens with zero attached hydrogens (tertiary/aromatic N) is 2. The maximum absolute atomic E-state index is 11.8. The molecule has 0 aliphatic heterocycles. The van der Waals surface area contributed by atoms with Crippen molar-refractivity contribution in [1.29, 1.82) is 5.26 Å². The van der Waals surface area contributed by atoms with Gasteiger partial charge >= 0.3 is 0 Å². The maximum Gasteiger partial charge on any atom is 0.244 e. The van der Waals surface area contributed by atoms with Crippen molar-refractivity contribution in [2.24, 2.45) is 5.41 Å². The molecule has 18 heavy (non-hydrogen) atoms. The molecule has 0 aliphatic rings. The first-order valence-electron chi connectivity index (χ1n) is 5.52. The van der Waals surface area contributed by atoms with Crippen LogP contribution in [-0.4, -0.2) is 10.9 Å². The van der Waals surface area contributed by atoms with Gasteiger partial charge in [0.2, 0.25) is 5.91 Å². The second kappa shape index (κ2) is 4.15. The minimum absolute atomic E-state index is 0.343. The molecule has 1 N–H and O–H groups in total. The molecule has 0 atom stereocenters. The quantitative estimate of drug-likeness (QED) is 0.879. The highest BCUT2D eigenvalue weighted by Crippen LogP contribution is 2.22. The molecular weight excluding hydrogens is 230 g/mol. The van der Waals surface area contributed by atoms with Crippen molar-refractivity contribution in [2.45, 2.75) is 20.8 Å². The first kappa shape index (κ1) is 12.1. The van der Waals surface area contributed by atoms with Crippen molar-refractivity contribution in [3.63, 3.8) is 0 Å². The van der Waals surface area contributed by atoms with Crippen LogP contribution < -0.4 is 5.32 Å². The van der Waals surface area contributed by atoms with Gasteiger partial charge in [0.05, 0.1) is 6.07 Å². The highest BCUT2D eigenvalue weighted by atomic mass is 16.3. The Morgan fingerprint density at radius 2 is 2.22 bits per heavy atom. The number of nitriles is 1. The summed E-state index contributed by atoms with van der Waals surface area (Å²) in [7, 11) is 0. The third-order valence-electron chi connectivity index (χ3n) is 2.60. The van der Waals surface area contributed by atoms with Crippen LogP contribution in [0.5, 0.6) is 0 Å². The molecule has 1 heterocycles. The number of fused-ring (bicyclic) bond motifs is 1. The van der Waals surface area contributed by atoms with E-state index < -0.39 is 5.41 Å². The minimum Gasteiger partial charge on any atom is -0.441 e. The Balaban J connectivity index is 2.28. The lowest BCUT2D eigenvalue weighted by Gasteiger charge is -2.14. The lowest BCUT2D eigenvalue weighted by molar-refractivity contribution is -0.121. The van der Waals surface area contributed by atoms with Crippen molar-refractivity contribution < 1.29 is 9.21 Å². The van der Waals surface area contributed by atoms with Crippen LogP contribution in [0.25, 0.3) is 11.1 Å². The summed E-state index contributed by atoms with van der Waals surface area (Å²) in [5.74, 6) is 0.232. The molecule has 5 heteroatoms. The van der Waals surface area contributed by atoms with Gasteiger partial charge in [-0.05, 0) is 32.0 Å². The number of benzene rings is 1. The van der Waals surface area contributed by atoms with Crippen LogP contribution in [0.3, 0.4) is 0 Å². The topological polar surface area (TPSA) is 78.9 Å². The molecule has 2 rings (SSSR count). The van der Waals surface area contributed by atoms with Crippen molar-refractivity contribution in [3.8, 4) is 6.07 Å². The summed E-state index contributed by atoms with van der Waals surface area (Å²) in [5.41, 5.74) is 0.892. The third-order valence-corrected chi connectivity index (χ3v) is 2.60. The van der Waals surface area contributed by atoms with Gasteiger partial charge in [-0.1, -0.05) is 0 Å². The number of nitrogens with one attached hydrogen (secondary N) is 1. The Labute approximate surface area is 104 Å². The molecule has 0 unspecified atom stereocenters. The number of carbonyl (C=O) groups excluding carboxylic acids is 1. The van der Waals surface area contributed by atoms with E-state index in [2.05, 4.69) is 10.3 Å². The Kier molecular flexibility index (Phi) is 2.79. The van der Waals surface area contributed by atoms with E-state index in [1.165, 1.54) is 0 Å². The second-order valence-electron chi connectivity index (χ2n) is 4.61. The first-order valence-corrected chi connectivity index (χ1v) is 5.52. The molecule has 0 aliphatic carbocycles. The number of aryl methyl sites for hydroxylation is 1. The summed E-state index contributed by atoms with van der Waals surface area (Å²) in [4.78, 5) is 16.0. The monoisotopic (exact) mass is 243 g/mol. The van der Waals surface area contributed by atoms with E-state index in [0.717, 1.165) is 0 Å². The number of oxazole rings is 1. The lowest BCUT2D eigenvalue weighted by Crippen LogP contribution is -2.29. The summed E-state index contributed by atoms with van der Waals surface area (Å²) < 4.78 is 5.34. The van der Waals surface area contributed by atoms with Crippen molar-refractivity contribution in [3.05, 3.63) is 24.1 Å².